The number of nitrogens with zero attached hydrogens (tertiary/aromatic N) is 4. The Bertz CT molecular complexity index is 1190. The fraction of sp³-hybridized carbons (Fsp3) is 0.200. The van der Waals surface area contributed by atoms with Crippen molar-refractivity contribution in [3.8, 4) is 0 Å². The van der Waals surface area contributed by atoms with Crippen LogP contribution in [0.3, 0.4) is 0 Å². The summed E-state index contributed by atoms with van der Waals surface area (Å²) >= 11 is 12.1. The Labute approximate surface area is 194 Å². The molecule has 162 valence electrons. The van der Waals surface area contributed by atoms with Crippen LogP contribution in [0.1, 0.15) is 39.4 Å². The Kier molecular flexibility index (Phi) is 6.59. The van der Waals surface area contributed by atoms with Crippen molar-refractivity contribution in [3.05, 3.63) is 69.5 Å². The zero-order valence-corrected chi connectivity index (χ0v) is 19.0. The van der Waals surface area contributed by atoms with Crippen molar-refractivity contribution in [2.75, 3.05) is 16.8 Å². The highest BCUT2D eigenvalue weighted by atomic mass is 35.5. The van der Waals surface area contributed by atoms with Gasteiger partial charge in [0.05, 0.1) is 45.9 Å². The standard InChI is InChI=1S/C20H16Cl2FN5O2.H2S/c1-10-9-27(12-3-4-14(21)15(22)5-12)20(30)18-13(6-25-28(10)18)19(29)26-17-8-24-7-16(23)11(17)2;/h3-8,10H,9H2,1-2H3,(H,26,29);1H2/t10-;/m0./s1. The number of rotatable bonds is 3. The van der Waals surface area contributed by atoms with Crippen LogP contribution in [0.2, 0.25) is 10.0 Å². The highest BCUT2D eigenvalue weighted by Crippen LogP contribution is 2.32. The Morgan fingerprint density at radius 3 is 2.68 bits per heavy atom. The summed E-state index contributed by atoms with van der Waals surface area (Å²) < 4.78 is 15.3. The Morgan fingerprint density at radius 1 is 1.23 bits per heavy atom. The summed E-state index contributed by atoms with van der Waals surface area (Å²) in [7, 11) is 0. The summed E-state index contributed by atoms with van der Waals surface area (Å²) in [5.74, 6) is -1.52. The summed E-state index contributed by atoms with van der Waals surface area (Å²) in [6.45, 7) is 3.76. The topological polar surface area (TPSA) is 80.1 Å². The third-order valence-electron chi connectivity index (χ3n) is 4.97. The lowest BCUT2D eigenvalue weighted by Crippen LogP contribution is -2.43. The fourth-order valence-electron chi connectivity index (χ4n) is 3.32. The van der Waals surface area contributed by atoms with Crippen LogP contribution in [0, 0.1) is 12.7 Å². The van der Waals surface area contributed by atoms with Gasteiger partial charge in [-0.1, -0.05) is 23.2 Å². The van der Waals surface area contributed by atoms with Gasteiger partial charge in [0, 0.05) is 17.8 Å². The lowest BCUT2D eigenvalue weighted by molar-refractivity contribution is 0.0939. The van der Waals surface area contributed by atoms with Crippen LogP contribution in [-0.2, 0) is 0 Å². The van der Waals surface area contributed by atoms with E-state index in [1.807, 2.05) is 6.92 Å². The Morgan fingerprint density at radius 2 is 1.97 bits per heavy atom. The van der Waals surface area contributed by atoms with Gasteiger partial charge in [-0.15, -0.1) is 0 Å². The van der Waals surface area contributed by atoms with Crippen molar-refractivity contribution < 1.29 is 14.0 Å². The molecule has 11 heteroatoms. The van der Waals surface area contributed by atoms with Gasteiger partial charge in [-0.2, -0.15) is 18.6 Å². The second kappa shape index (κ2) is 8.86. The van der Waals surface area contributed by atoms with Crippen molar-refractivity contribution in [1.29, 1.82) is 0 Å². The van der Waals surface area contributed by atoms with Gasteiger partial charge in [0.2, 0.25) is 0 Å². The summed E-state index contributed by atoms with van der Waals surface area (Å²) in [5, 5.41) is 7.53. The quantitative estimate of drug-likeness (QED) is 0.591. The molecular formula is C20H18Cl2FN5O2S. The van der Waals surface area contributed by atoms with Gasteiger partial charge in [0.25, 0.3) is 11.8 Å². The maximum absolute atomic E-state index is 13.7. The molecule has 2 amide bonds. The zero-order chi connectivity index (χ0) is 21.6. The van der Waals surface area contributed by atoms with Crippen LogP contribution >= 0.6 is 36.7 Å². The third kappa shape index (κ3) is 4.13. The number of halogens is 3. The van der Waals surface area contributed by atoms with E-state index in [4.69, 9.17) is 23.2 Å². The third-order valence-corrected chi connectivity index (χ3v) is 5.71. The molecule has 0 bridgehead atoms. The largest absolute Gasteiger partial charge is 0.320 e. The van der Waals surface area contributed by atoms with Gasteiger partial charge < -0.3 is 10.2 Å². The van der Waals surface area contributed by atoms with Crippen molar-refractivity contribution in [3.63, 3.8) is 0 Å². The number of hydrogen-bond acceptors (Lipinski definition) is 4. The number of carbonyl (C=O) groups excluding carboxylic acids is 2. The molecule has 1 aliphatic rings. The summed E-state index contributed by atoms with van der Waals surface area (Å²) in [5.41, 5.74) is 1.25. The minimum Gasteiger partial charge on any atom is -0.320 e. The van der Waals surface area contributed by atoms with Crippen LogP contribution in [0.4, 0.5) is 15.8 Å². The minimum atomic E-state index is -0.580. The van der Waals surface area contributed by atoms with Crippen molar-refractivity contribution >= 4 is 59.9 Å². The molecule has 0 saturated heterocycles. The number of carbonyl (C=O) groups is 2. The Balaban J connectivity index is 0.00000272. The van der Waals surface area contributed by atoms with E-state index in [1.54, 1.807) is 18.2 Å². The number of benzene rings is 1. The summed E-state index contributed by atoms with van der Waals surface area (Å²) in [6, 6.07) is 4.71. The molecule has 0 radical (unpaired) electrons. The van der Waals surface area contributed by atoms with Crippen molar-refractivity contribution in [2.45, 2.75) is 19.9 Å². The molecule has 31 heavy (non-hydrogen) atoms. The van der Waals surface area contributed by atoms with E-state index in [0.29, 0.717) is 22.3 Å². The molecule has 3 heterocycles. The molecule has 4 rings (SSSR count). The Hall–Kier alpha value is -2.62. The molecule has 7 nitrogen and oxygen atoms in total. The highest BCUT2D eigenvalue weighted by molar-refractivity contribution is 7.59. The molecule has 1 aliphatic heterocycles. The SMILES string of the molecule is Cc1c(F)cncc1NC(=O)c1cnn2c1C(=O)N(c1ccc(Cl)c(Cl)c1)C[C@@H]2C.S. The van der Waals surface area contributed by atoms with E-state index in [-0.39, 0.29) is 42.0 Å². The van der Waals surface area contributed by atoms with Crippen molar-refractivity contribution in [2.24, 2.45) is 0 Å². The predicted octanol–water partition coefficient (Wildman–Crippen LogP) is 4.62. The molecule has 0 unspecified atom stereocenters. The molecule has 2 aromatic heterocycles. The summed E-state index contributed by atoms with van der Waals surface area (Å²) in [4.78, 5) is 31.4. The number of nitrogens with one attached hydrogen (secondary N) is 1. The second-order valence-electron chi connectivity index (χ2n) is 6.96. The van der Waals surface area contributed by atoms with Gasteiger partial charge in [-0.05, 0) is 32.0 Å². The molecule has 0 aliphatic carbocycles. The number of fused-ring (bicyclic) bond motifs is 1. The van der Waals surface area contributed by atoms with E-state index in [2.05, 4.69) is 15.4 Å². The monoisotopic (exact) mass is 481 g/mol. The van der Waals surface area contributed by atoms with Crippen molar-refractivity contribution in [1.82, 2.24) is 14.8 Å². The van der Waals surface area contributed by atoms with Gasteiger partial charge in [0.15, 0.2) is 0 Å². The van der Waals surface area contributed by atoms with Crippen LogP contribution < -0.4 is 10.2 Å². The summed E-state index contributed by atoms with van der Waals surface area (Å²) in [6.07, 6.45) is 3.74. The minimum absolute atomic E-state index is 0. The first kappa shape index (κ1) is 23.1. The van der Waals surface area contributed by atoms with E-state index >= 15 is 0 Å². The second-order valence-corrected chi connectivity index (χ2v) is 7.78. The number of hydrogen-bond donors (Lipinski definition) is 1. The molecule has 0 spiro atoms. The number of pyridine rings is 1. The van der Waals surface area contributed by atoms with Gasteiger partial charge in [-0.25, -0.2) is 4.39 Å². The van der Waals surface area contributed by atoms with Gasteiger partial charge in [0.1, 0.15) is 11.5 Å². The number of anilines is 2. The molecule has 1 atom stereocenters. The lowest BCUT2D eigenvalue weighted by Gasteiger charge is -2.32. The maximum Gasteiger partial charge on any atom is 0.277 e. The molecular weight excluding hydrogens is 464 g/mol. The van der Waals surface area contributed by atoms with E-state index in [9.17, 15) is 14.0 Å². The average molecular weight is 482 g/mol. The molecule has 1 N–H and O–H groups in total. The van der Waals surface area contributed by atoms with Gasteiger partial charge in [-0.3, -0.25) is 19.3 Å². The van der Waals surface area contributed by atoms with E-state index in [0.717, 1.165) is 6.20 Å². The van der Waals surface area contributed by atoms with Crippen LogP contribution in [0.5, 0.6) is 0 Å². The fourth-order valence-corrected chi connectivity index (χ4v) is 3.61. The van der Waals surface area contributed by atoms with Crippen LogP contribution in [0.25, 0.3) is 0 Å². The molecule has 0 saturated carbocycles. The maximum atomic E-state index is 13.7. The first-order chi connectivity index (χ1) is 14.3. The van der Waals surface area contributed by atoms with E-state index in [1.165, 1.54) is 28.9 Å². The highest BCUT2D eigenvalue weighted by Gasteiger charge is 2.35. The van der Waals surface area contributed by atoms with E-state index < -0.39 is 17.6 Å². The number of aromatic nitrogens is 3. The molecule has 1 aromatic carbocycles. The van der Waals surface area contributed by atoms with Crippen LogP contribution in [-0.4, -0.2) is 33.1 Å². The molecule has 0 fully saturated rings. The average Bonchev–Trinajstić information content (AvgIpc) is 3.17. The normalized spacial score (nSPS) is 15.3. The van der Waals surface area contributed by atoms with Crippen LogP contribution in [0.15, 0.2) is 36.8 Å². The zero-order valence-electron chi connectivity index (χ0n) is 16.5. The first-order valence-electron chi connectivity index (χ1n) is 9.03. The van der Waals surface area contributed by atoms with Gasteiger partial charge >= 0.3 is 0 Å². The lowest BCUT2D eigenvalue weighted by atomic mass is 10.1. The smallest absolute Gasteiger partial charge is 0.277 e. The number of amides is 2. The first-order valence-corrected chi connectivity index (χ1v) is 9.79. The molecule has 3 aromatic rings. The predicted molar refractivity (Wildman–Crippen MR) is 122 cm³/mol.